The molecule has 0 aliphatic rings. The average molecular weight is 270 g/mol. The summed E-state index contributed by atoms with van der Waals surface area (Å²) >= 11 is 1.58. The van der Waals surface area contributed by atoms with E-state index in [1.807, 2.05) is 24.3 Å². The van der Waals surface area contributed by atoms with Crippen molar-refractivity contribution < 1.29 is 9.90 Å². The van der Waals surface area contributed by atoms with Crippen molar-refractivity contribution in [3.63, 3.8) is 0 Å². The molecule has 0 atom stereocenters. The van der Waals surface area contributed by atoms with Crippen LogP contribution in [-0.2, 0) is 6.42 Å². The van der Waals surface area contributed by atoms with Gasteiger partial charge in [-0.05, 0) is 23.8 Å². The van der Waals surface area contributed by atoms with Crippen molar-refractivity contribution >= 4 is 27.5 Å². The van der Waals surface area contributed by atoms with E-state index in [4.69, 9.17) is 5.11 Å². The molecule has 2 aromatic heterocycles. The molecule has 5 heteroatoms. The highest BCUT2D eigenvalue weighted by molar-refractivity contribution is 7.18. The molecule has 4 nitrogen and oxygen atoms in total. The number of carboxylic acid groups (broad SMARTS) is 1. The molecule has 1 aromatic carbocycles. The number of carboxylic acids is 1. The Bertz CT molecular complexity index is 719. The highest BCUT2D eigenvalue weighted by atomic mass is 32.1. The number of nitrogens with zero attached hydrogens (tertiary/aromatic N) is 2. The van der Waals surface area contributed by atoms with Gasteiger partial charge < -0.3 is 5.11 Å². The molecule has 0 unspecified atom stereocenters. The Hall–Kier alpha value is -2.27. The fourth-order valence-corrected chi connectivity index (χ4v) is 2.92. The zero-order valence-electron chi connectivity index (χ0n) is 9.91. The summed E-state index contributed by atoms with van der Waals surface area (Å²) in [5.74, 6) is -1.00. The molecular formula is C14H10N2O2S. The van der Waals surface area contributed by atoms with E-state index in [0.717, 1.165) is 15.2 Å². The number of hydrogen-bond donors (Lipinski definition) is 1. The van der Waals surface area contributed by atoms with Crippen molar-refractivity contribution in [1.29, 1.82) is 0 Å². The lowest BCUT2D eigenvalue weighted by Crippen LogP contribution is -2.05. The number of fused-ring (bicyclic) bond motifs is 1. The molecule has 0 aliphatic carbocycles. The molecule has 0 radical (unpaired) electrons. The van der Waals surface area contributed by atoms with Crippen LogP contribution in [0.2, 0.25) is 0 Å². The summed E-state index contributed by atoms with van der Waals surface area (Å²) in [6.07, 6.45) is 1.99. The highest BCUT2D eigenvalue weighted by Gasteiger charge is 2.13. The largest absolute Gasteiger partial charge is 0.477 e. The SMILES string of the molecule is O=C(O)c1ncccc1Cc1nc2ccccc2s1. The number of pyridine rings is 1. The maximum atomic E-state index is 11.1. The summed E-state index contributed by atoms with van der Waals surface area (Å²) in [5, 5.41) is 10.0. The second-order valence-electron chi connectivity index (χ2n) is 4.07. The molecule has 0 saturated heterocycles. The van der Waals surface area contributed by atoms with Crippen molar-refractivity contribution in [1.82, 2.24) is 9.97 Å². The van der Waals surface area contributed by atoms with E-state index in [0.29, 0.717) is 12.0 Å². The molecule has 0 fully saturated rings. The van der Waals surface area contributed by atoms with Gasteiger partial charge >= 0.3 is 5.97 Å². The Labute approximate surface area is 113 Å². The van der Waals surface area contributed by atoms with Gasteiger partial charge in [-0.15, -0.1) is 11.3 Å². The maximum absolute atomic E-state index is 11.1. The standard InChI is InChI=1S/C14H10N2O2S/c17-14(18)13-9(4-3-7-15-13)8-12-16-10-5-1-2-6-11(10)19-12/h1-7H,8H2,(H,17,18). The summed E-state index contributed by atoms with van der Waals surface area (Å²) in [6.45, 7) is 0. The van der Waals surface area contributed by atoms with E-state index in [9.17, 15) is 4.79 Å². The molecule has 19 heavy (non-hydrogen) atoms. The number of hydrogen-bond acceptors (Lipinski definition) is 4. The third kappa shape index (κ3) is 2.32. The van der Waals surface area contributed by atoms with E-state index in [1.165, 1.54) is 6.20 Å². The van der Waals surface area contributed by atoms with Crippen molar-refractivity contribution in [2.24, 2.45) is 0 Å². The Morgan fingerprint density at radius 1 is 1.21 bits per heavy atom. The normalized spacial score (nSPS) is 10.7. The van der Waals surface area contributed by atoms with E-state index in [1.54, 1.807) is 23.5 Å². The number of carbonyl (C=O) groups is 1. The van der Waals surface area contributed by atoms with Crippen LogP contribution in [0, 0.1) is 0 Å². The summed E-state index contributed by atoms with van der Waals surface area (Å²) in [6, 6.07) is 11.4. The minimum Gasteiger partial charge on any atom is -0.477 e. The first kappa shape index (κ1) is 11.8. The molecule has 0 bridgehead atoms. The molecule has 0 spiro atoms. The number of aromatic nitrogens is 2. The van der Waals surface area contributed by atoms with Gasteiger partial charge in [0.15, 0.2) is 5.69 Å². The smallest absolute Gasteiger partial charge is 0.354 e. The Kier molecular flexibility index (Phi) is 2.97. The highest BCUT2D eigenvalue weighted by Crippen LogP contribution is 2.24. The number of aromatic carboxylic acids is 1. The molecule has 0 aliphatic heterocycles. The number of para-hydroxylation sites is 1. The Morgan fingerprint density at radius 2 is 2.05 bits per heavy atom. The fraction of sp³-hybridized carbons (Fsp3) is 0.0714. The van der Waals surface area contributed by atoms with Crippen molar-refractivity contribution in [3.05, 3.63) is 58.9 Å². The van der Waals surface area contributed by atoms with E-state index >= 15 is 0 Å². The van der Waals surface area contributed by atoms with Gasteiger partial charge in [0.2, 0.25) is 0 Å². The third-order valence-corrected chi connectivity index (χ3v) is 3.81. The second kappa shape index (κ2) is 4.78. The van der Waals surface area contributed by atoms with Crippen LogP contribution < -0.4 is 0 Å². The molecular weight excluding hydrogens is 260 g/mol. The number of benzene rings is 1. The molecule has 1 N–H and O–H groups in total. The van der Waals surface area contributed by atoms with Crippen LogP contribution in [0.3, 0.4) is 0 Å². The van der Waals surface area contributed by atoms with Crippen LogP contribution in [0.25, 0.3) is 10.2 Å². The van der Waals surface area contributed by atoms with Gasteiger partial charge in [-0.3, -0.25) is 0 Å². The average Bonchev–Trinajstić information content (AvgIpc) is 2.81. The second-order valence-corrected chi connectivity index (χ2v) is 5.18. The minimum absolute atomic E-state index is 0.0988. The summed E-state index contributed by atoms with van der Waals surface area (Å²) in [4.78, 5) is 19.5. The molecule has 0 saturated carbocycles. The first-order valence-corrected chi connectivity index (χ1v) is 6.57. The Balaban J connectivity index is 1.99. The molecule has 3 rings (SSSR count). The summed E-state index contributed by atoms with van der Waals surface area (Å²) in [7, 11) is 0. The zero-order chi connectivity index (χ0) is 13.2. The predicted octanol–water partition coefficient (Wildman–Crippen LogP) is 2.98. The molecule has 94 valence electrons. The van der Waals surface area contributed by atoms with Crippen LogP contribution in [0.4, 0.5) is 0 Å². The quantitative estimate of drug-likeness (QED) is 0.794. The maximum Gasteiger partial charge on any atom is 0.354 e. The molecule has 0 amide bonds. The van der Waals surface area contributed by atoms with Gasteiger partial charge in [-0.1, -0.05) is 18.2 Å². The van der Waals surface area contributed by atoms with Crippen molar-refractivity contribution in [3.8, 4) is 0 Å². The van der Waals surface area contributed by atoms with Crippen LogP contribution in [0.15, 0.2) is 42.6 Å². The van der Waals surface area contributed by atoms with Crippen LogP contribution in [0.1, 0.15) is 21.1 Å². The van der Waals surface area contributed by atoms with Gasteiger partial charge in [0, 0.05) is 12.6 Å². The zero-order valence-corrected chi connectivity index (χ0v) is 10.7. The predicted molar refractivity (Wildman–Crippen MR) is 73.6 cm³/mol. The fourth-order valence-electron chi connectivity index (χ4n) is 1.93. The lowest BCUT2D eigenvalue weighted by molar-refractivity contribution is 0.0689. The Morgan fingerprint density at radius 3 is 2.84 bits per heavy atom. The lowest BCUT2D eigenvalue weighted by Gasteiger charge is -2.01. The van der Waals surface area contributed by atoms with Gasteiger partial charge in [0.05, 0.1) is 15.2 Å². The van der Waals surface area contributed by atoms with Gasteiger partial charge in [-0.2, -0.15) is 0 Å². The van der Waals surface area contributed by atoms with E-state index < -0.39 is 5.97 Å². The van der Waals surface area contributed by atoms with E-state index in [-0.39, 0.29) is 5.69 Å². The van der Waals surface area contributed by atoms with Gasteiger partial charge in [0.25, 0.3) is 0 Å². The van der Waals surface area contributed by atoms with Crippen molar-refractivity contribution in [2.75, 3.05) is 0 Å². The minimum atomic E-state index is -1.00. The van der Waals surface area contributed by atoms with Crippen LogP contribution in [0.5, 0.6) is 0 Å². The first-order valence-electron chi connectivity index (χ1n) is 5.75. The monoisotopic (exact) mass is 270 g/mol. The number of thiazole rings is 1. The van der Waals surface area contributed by atoms with Crippen LogP contribution >= 0.6 is 11.3 Å². The topological polar surface area (TPSA) is 63.1 Å². The van der Waals surface area contributed by atoms with Gasteiger partial charge in [0.1, 0.15) is 0 Å². The lowest BCUT2D eigenvalue weighted by atomic mass is 10.1. The van der Waals surface area contributed by atoms with Crippen LogP contribution in [-0.4, -0.2) is 21.0 Å². The molecule has 2 heterocycles. The summed E-state index contributed by atoms with van der Waals surface area (Å²) in [5.41, 5.74) is 1.74. The van der Waals surface area contributed by atoms with E-state index in [2.05, 4.69) is 9.97 Å². The van der Waals surface area contributed by atoms with Gasteiger partial charge in [-0.25, -0.2) is 14.8 Å². The van der Waals surface area contributed by atoms with Crippen molar-refractivity contribution in [2.45, 2.75) is 6.42 Å². The first-order chi connectivity index (χ1) is 9.24. The molecule has 3 aromatic rings. The summed E-state index contributed by atoms with van der Waals surface area (Å²) < 4.78 is 1.11. The number of rotatable bonds is 3. The third-order valence-electron chi connectivity index (χ3n) is 2.77.